The summed E-state index contributed by atoms with van der Waals surface area (Å²) in [7, 11) is 0. The monoisotopic (exact) mass is 344 g/mol. The van der Waals surface area contributed by atoms with E-state index in [-0.39, 0.29) is 24.8 Å². The first kappa shape index (κ1) is 18.0. The van der Waals surface area contributed by atoms with Gasteiger partial charge in [-0.05, 0) is 36.6 Å². The minimum Gasteiger partial charge on any atom is -0.354 e. The molecule has 24 heavy (non-hydrogen) atoms. The van der Waals surface area contributed by atoms with Crippen molar-refractivity contribution in [2.45, 2.75) is 19.8 Å². The largest absolute Gasteiger partial charge is 0.354 e. The van der Waals surface area contributed by atoms with Crippen molar-refractivity contribution < 1.29 is 9.59 Å². The summed E-state index contributed by atoms with van der Waals surface area (Å²) in [6.07, 6.45) is 1.000. The predicted octanol–water partition coefficient (Wildman–Crippen LogP) is 2.67. The Labute approximate surface area is 147 Å². The molecule has 126 valence electrons. The van der Waals surface area contributed by atoms with Crippen molar-refractivity contribution in [1.29, 1.82) is 0 Å². The van der Waals surface area contributed by atoms with Crippen LogP contribution in [-0.2, 0) is 22.4 Å². The lowest BCUT2D eigenvalue weighted by Gasteiger charge is -2.08. The lowest BCUT2D eigenvalue weighted by Crippen LogP contribution is -2.38. The third-order valence-corrected chi connectivity index (χ3v) is 3.79. The zero-order chi connectivity index (χ0) is 17.4. The van der Waals surface area contributed by atoms with Crippen LogP contribution < -0.4 is 10.6 Å². The summed E-state index contributed by atoms with van der Waals surface area (Å²) in [6, 6.07) is 15.3. The molecule has 2 rings (SSSR count). The summed E-state index contributed by atoms with van der Waals surface area (Å²) in [5, 5.41) is 6.12. The van der Waals surface area contributed by atoms with Crippen molar-refractivity contribution in [3.63, 3.8) is 0 Å². The van der Waals surface area contributed by atoms with Crippen LogP contribution >= 0.6 is 11.6 Å². The fourth-order valence-electron chi connectivity index (χ4n) is 2.31. The molecule has 4 nitrogen and oxygen atoms in total. The molecule has 0 bridgehead atoms. The molecule has 2 aromatic carbocycles. The first-order valence-electron chi connectivity index (χ1n) is 7.86. The Balaban J connectivity index is 1.65. The minimum absolute atomic E-state index is 0.00866. The van der Waals surface area contributed by atoms with Crippen molar-refractivity contribution >= 4 is 23.4 Å². The van der Waals surface area contributed by atoms with Crippen LogP contribution in [0.2, 0.25) is 5.02 Å². The topological polar surface area (TPSA) is 58.2 Å². The Morgan fingerprint density at radius 2 is 1.71 bits per heavy atom. The number of hydrogen-bond donors (Lipinski definition) is 2. The molecule has 0 radical (unpaired) electrons. The van der Waals surface area contributed by atoms with Crippen molar-refractivity contribution in [1.82, 2.24) is 10.6 Å². The second-order valence-corrected chi connectivity index (χ2v) is 6.11. The second-order valence-electron chi connectivity index (χ2n) is 5.67. The van der Waals surface area contributed by atoms with Crippen LogP contribution in [0.1, 0.15) is 16.7 Å². The summed E-state index contributed by atoms with van der Waals surface area (Å²) in [5.74, 6) is -0.352. The first-order chi connectivity index (χ1) is 11.5. The van der Waals surface area contributed by atoms with E-state index in [9.17, 15) is 9.59 Å². The highest BCUT2D eigenvalue weighted by molar-refractivity contribution is 6.30. The molecule has 0 aliphatic heterocycles. The third-order valence-electron chi connectivity index (χ3n) is 3.54. The van der Waals surface area contributed by atoms with Crippen molar-refractivity contribution in [3.8, 4) is 0 Å². The molecule has 5 heteroatoms. The first-order valence-corrected chi connectivity index (χ1v) is 8.24. The van der Waals surface area contributed by atoms with E-state index in [4.69, 9.17) is 11.6 Å². The zero-order valence-corrected chi connectivity index (χ0v) is 14.4. The molecule has 0 heterocycles. The van der Waals surface area contributed by atoms with Gasteiger partial charge < -0.3 is 10.6 Å². The van der Waals surface area contributed by atoms with E-state index in [1.165, 1.54) is 0 Å². The molecule has 0 atom stereocenters. The van der Waals surface area contributed by atoms with E-state index < -0.39 is 0 Å². The summed E-state index contributed by atoms with van der Waals surface area (Å²) in [5.41, 5.74) is 3.15. The van der Waals surface area contributed by atoms with E-state index >= 15 is 0 Å². The van der Waals surface area contributed by atoms with Crippen LogP contribution in [0.3, 0.4) is 0 Å². The van der Waals surface area contributed by atoms with Crippen LogP contribution in [-0.4, -0.2) is 24.9 Å². The quantitative estimate of drug-likeness (QED) is 0.811. The second kappa shape index (κ2) is 9.08. The number of halogens is 1. The van der Waals surface area contributed by atoms with Gasteiger partial charge in [-0.3, -0.25) is 9.59 Å². The van der Waals surface area contributed by atoms with Gasteiger partial charge in [-0.15, -0.1) is 0 Å². The van der Waals surface area contributed by atoms with Gasteiger partial charge in [-0.25, -0.2) is 0 Å². The Hall–Kier alpha value is -2.33. The summed E-state index contributed by atoms with van der Waals surface area (Å²) in [6.45, 7) is 2.50. The van der Waals surface area contributed by atoms with Crippen molar-refractivity contribution in [3.05, 3.63) is 70.2 Å². The normalized spacial score (nSPS) is 10.2. The average Bonchev–Trinajstić information content (AvgIpc) is 2.55. The Morgan fingerprint density at radius 3 is 2.42 bits per heavy atom. The smallest absolute Gasteiger partial charge is 0.239 e. The molecule has 0 saturated carbocycles. The third kappa shape index (κ3) is 6.42. The van der Waals surface area contributed by atoms with Gasteiger partial charge in [0.25, 0.3) is 0 Å². The van der Waals surface area contributed by atoms with E-state index in [2.05, 4.69) is 10.6 Å². The molecule has 0 fully saturated rings. The fraction of sp³-hybridized carbons (Fsp3) is 0.263. The number of carbonyl (C=O) groups is 2. The van der Waals surface area contributed by atoms with Gasteiger partial charge >= 0.3 is 0 Å². The van der Waals surface area contributed by atoms with Gasteiger partial charge in [-0.2, -0.15) is 0 Å². The van der Waals surface area contributed by atoms with E-state index in [1.807, 2.05) is 55.5 Å². The molecular weight excluding hydrogens is 324 g/mol. The Kier molecular flexibility index (Phi) is 6.82. The lowest BCUT2D eigenvalue weighted by atomic mass is 10.1. The Bertz CT molecular complexity index is 699. The standard InChI is InChI=1S/C19H21ClN2O2/c1-14-3-2-4-16(11-14)12-18(23)22-13-19(24)21-10-9-15-5-7-17(20)8-6-15/h2-8,11H,9-10,12-13H2,1H3,(H,21,24)(H,22,23). The molecule has 0 unspecified atom stereocenters. The molecule has 2 amide bonds. The fourth-order valence-corrected chi connectivity index (χ4v) is 2.43. The predicted molar refractivity (Wildman–Crippen MR) is 96.1 cm³/mol. The highest BCUT2D eigenvalue weighted by Gasteiger charge is 2.06. The number of hydrogen-bond acceptors (Lipinski definition) is 2. The molecule has 2 aromatic rings. The molecule has 0 aliphatic rings. The maximum atomic E-state index is 11.9. The maximum absolute atomic E-state index is 11.9. The number of rotatable bonds is 7. The van der Waals surface area contributed by atoms with Gasteiger partial charge in [0.15, 0.2) is 0 Å². The van der Waals surface area contributed by atoms with Gasteiger partial charge in [0, 0.05) is 11.6 Å². The summed E-state index contributed by atoms with van der Waals surface area (Å²) in [4.78, 5) is 23.6. The van der Waals surface area contributed by atoms with Crippen LogP contribution in [0.4, 0.5) is 0 Å². The number of benzene rings is 2. The highest BCUT2D eigenvalue weighted by Crippen LogP contribution is 2.09. The summed E-state index contributed by atoms with van der Waals surface area (Å²) >= 11 is 5.82. The maximum Gasteiger partial charge on any atom is 0.239 e. The van der Waals surface area contributed by atoms with Gasteiger partial charge in [0.2, 0.25) is 11.8 Å². The van der Waals surface area contributed by atoms with Crippen LogP contribution in [0.15, 0.2) is 48.5 Å². The van der Waals surface area contributed by atoms with Crippen molar-refractivity contribution in [2.75, 3.05) is 13.1 Å². The SMILES string of the molecule is Cc1cccc(CC(=O)NCC(=O)NCCc2ccc(Cl)cc2)c1. The number of aryl methyl sites for hydroxylation is 1. The molecular formula is C19H21ClN2O2. The van der Waals surface area contributed by atoms with E-state index in [0.717, 1.165) is 23.1 Å². The number of carbonyl (C=O) groups excluding carboxylic acids is 2. The van der Waals surface area contributed by atoms with Crippen LogP contribution in [0, 0.1) is 6.92 Å². The van der Waals surface area contributed by atoms with E-state index in [1.54, 1.807) is 0 Å². The molecule has 0 spiro atoms. The van der Waals surface area contributed by atoms with Crippen molar-refractivity contribution in [2.24, 2.45) is 0 Å². The number of amides is 2. The summed E-state index contributed by atoms with van der Waals surface area (Å²) < 4.78 is 0. The highest BCUT2D eigenvalue weighted by atomic mass is 35.5. The van der Waals surface area contributed by atoms with Gasteiger partial charge in [-0.1, -0.05) is 53.6 Å². The van der Waals surface area contributed by atoms with Crippen LogP contribution in [0.25, 0.3) is 0 Å². The van der Waals surface area contributed by atoms with Crippen LogP contribution in [0.5, 0.6) is 0 Å². The molecule has 0 aliphatic carbocycles. The minimum atomic E-state index is -0.193. The molecule has 2 N–H and O–H groups in total. The lowest BCUT2D eigenvalue weighted by molar-refractivity contribution is -0.125. The Morgan fingerprint density at radius 1 is 0.958 bits per heavy atom. The number of nitrogens with one attached hydrogen (secondary N) is 2. The van der Waals surface area contributed by atoms with E-state index in [0.29, 0.717) is 11.6 Å². The molecule has 0 saturated heterocycles. The average molecular weight is 345 g/mol. The van der Waals surface area contributed by atoms with Gasteiger partial charge in [0.1, 0.15) is 0 Å². The molecule has 0 aromatic heterocycles. The van der Waals surface area contributed by atoms with Gasteiger partial charge in [0.05, 0.1) is 13.0 Å². The zero-order valence-electron chi connectivity index (χ0n) is 13.6.